The van der Waals surface area contributed by atoms with Gasteiger partial charge in [-0.1, -0.05) is 36.4 Å². The lowest BCUT2D eigenvalue weighted by atomic mass is 10.1. The fourth-order valence-corrected chi connectivity index (χ4v) is 4.04. The van der Waals surface area contributed by atoms with Crippen molar-refractivity contribution in [2.24, 2.45) is 0 Å². The molecular weight excluding hydrogens is 275 g/mol. The fraction of sp³-hybridized carbons (Fsp3) is 0.250. The van der Waals surface area contributed by atoms with Gasteiger partial charge in [0.1, 0.15) is 5.82 Å². The second kappa shape index (κ2) is 6.02. The quantitative estimate of drug-likeness (QED) is 0.669. The number of fused-ring (bicyclic) bond motifs is 6. The lowest BCUT2D eigenvalue weighted by molar-refractivity contribution is 0.616. The highest BCUT2D eigenvalue weighted by Crippen LogP contribution is 2.25. The molecule has 0 spiro atoms. The number of hydrogen-bond acceptors (Lipinski definition) is 2. The number of thioether (sulfide) groups is 2. The summed E-state index contributed by atoms with van der Waals surface area (Å²) in [4.78, 5) is 0. The Hall–Kier alpha value is -0.930. The van der Waals surface area contributed by atoms with Crippen molar-refractivity contribution in [1.82, 2.24) is 0 Å². The van der Waals surface area contributed by atoms with E-state index in [1.54, 1.807) is 17.8 Å². The maximum Gasteiger partial charge on any atom is 0.127 e. The molecule has 98 valence electrons. The van der Waals surface area contributed by atoms with Crippen LogP contribution in [0.15, 0.2) is 42.5 Å². The van der Waals surface area contributed by atoms with Crippen molar-refractivity contribution in [2.75, 3.05) is 0 Å². The summed E-state index contributed by atoms with van der Waals surface area (Å²) in [6.07, 6.45) is 0. The second-order valence-electron chi connectivity index (χ2n) is 4.73. The predicted octanol–water partition coefficient (Wildman–Crippen LogP) is 5.01. The molecular formula is C16H15FS2. The third-order valence-corrected chi connectivity index (χ3v) is 5.32. The predicted molar refractivity (Wildman–Crippen MR) is 82.8 cm³/mol. The fourth-order valence-electron chi connectivity index (χ4n) is 2.13. The van der Waals surface area contributed by atoms with E-state index >= 15 is 0 Å². The minimum absolute atomic E-state index is 0.0779. The molecule has 3 heteroatoms. The zero-order chi connectivity index (χ0) is 13.1. The van der Waals surface area contributed by atoms with Gasteiger partial charge < -0.3 is 0 Å². The first-order valence-electron chi connectivity index (χ1n) is 6.32. The Balaban J connectivity index is 1.87. The maximum absolute atomic E-state index is 13.7. The van der Waals surface area contributed by atoms with Gasteiger partial charge in [-0.15, -0.1) is 0 Å². The van der Waals surface area contributed by atoms with Crippen LogP contribution in [0.3, 0.4) is 0 Å². The van der Waals surface area contributed by atoms with Crippen molar-refractivity contribution in [3.8, 4) is 0 Å². The van der Waals surface area contributed by atoms with E-state index in [-0.39, 0.29) is 5.82 Å². The van der Waals surface area contributed by atoms with Crippen molar-refractivity contribution in [2.45, 2.75) is 23.0 Å². The van der Waals surface area contributed by atoms with Gasteiger partial charge in [-0.05, 0) is 28.3 Å². The SMILES string of the molecule is Fc1ccc2cc1CSCc1ccc(cc1)CSC2. The first-order valence-corrected chi connectivity index (χ1v) is 8.63. The lowest BCUT2D eigenvalue weighted by Crippen LogP contribution is -1.91. The number of benzene rings is 2. The van der Waals surface area contributed by atoms with Crippen LogP contribution in [0.4, 0.5) is 4.39 Å². The smallest absolute Gasteiger partial charge is 0.127 e. The highest BCUT2D eigenvalue weighted by atomic mass is 32.2. The van der Waals surface area contributed by atoms with Crippen molar-refractivity contribution < 1.29 is 4.39 Å². The summed E-state index contributed by atoms with van der Waals surface area (Å²) >= 11 is 3.65. The van der Waals surface area contributed by atoms with E-state index in [1.165, 1.54) is 16.7 Å². The van der Waals surface area contributed by atoms with Crippen LogP contribution in [0.25, 0.3) is 0 Å². The molecule has 0 amide bonds. The van der Waals surface area contributed by atoms with E-state index in [1.807, 2.05) is 23.9 Å². The molecule has 0 N–H and O–H groups in total. The van der Waals surface area contributed by atoms with E-state index in [0.29, 0.717) is 0 Å². The largest absolute Gasteiger partial charge is 0.207 e. The van der Waals surface area contributed by atoms with Gasteiger partial charge in [-0.3, -0.25) is 0 Å². The van der Waals surface area contributed by atoms with Crippen LogP contribution in [0.5, 0.6) is 0 Å². The summed E-state index contributed by atoms with van der Waals surface area (Å²) in [5.41, 5.74) is 4.73. The molecule has 4 bridgehead atoms. The van der Waals surface area contributed by atoms with Crippen molar-refractivity contribution in [1.29, 1.82) is 0 Å². The Kier molecular flexibility index (Phi) is 4.14. The molecule has 2 aliphatic rings. The Morgan fingerprint density at radius 2 is 1.21 bits per heavy atom. The van der Waals surface area contributed by atoms with Crippen LogP contribution in [-0.2, 0) is 23.0 Å². The average Bonchev–Trinajstić information content (AvgIpc) is 2.45. The molecule has 2 heterocycles. The van der Waals surface area contributed by atoms with E-state index in [0.717, 1.165) is 28.6 Å². The molecule has 0 radical (unpaired) electrons. The van der Waals surface area contributed by atoms with Crippen molar-refractivity contribution in [3.05, 3.63) is 70.5 Å². The molecule has 4 rings (SSSR count). The molecule has 0 saturated heterocycles. The number of hydrogen-bond donors (Lipinski definition) is 0. The first-order chi connectivity index (χ1) is 9.31. The minimum Gasteiger partial charge on any atom is -0.207 e. The molecule has 2 aromatic carbocycles. The summed E-state index contributed by atoms with van der Waals surface area (Å²) in [5.74, 6) is 3.56. The highest BCUT2D eigenvalue weighted by Gasteiger charge is 2.06. The van der Waals surface area contributed by atoms with Gasteiger partial charge in [-0.25, -0.2) is 4.39 Å². The molecule has 0 nitrogen and oxygen atoms in total. The van der Waals surface area contributed by atoms with E-state index in [2.05, 4.69) is 24.3 Å². The number of rotatable bonds is 0. The summed E-state index contributed by atoms with van der Waals surface area (Å²) in [6, 6.07) is 14.3. The van der Waals surface area contributed by atoms with Crippen molar-refractivity contribution >= 4 is 23.5 Å². The monoisotopic (exact) mass is 290 g/mol. The van der Waals surface area contributed by atoms with Crippen LogP contribution in [0, 0.1) is 5.82 Å². The van der Waals surface area contributed by atoms with Crippen LogP contribution in [0.1, 0.15) is 22.3 Å². The van der Waals surface area contributed by atoms with E-state index in [9.17, 15) is 4.39 Å². The molecule has 0 saturated carbocycles. The molecule has 2 aliphatic heterocycles. The summed E-state index contributed by atoms with van der Waals surface area (Å²) in [7, 11) is 0. The zero-order valence-electron chi connectivity index (χ0n) is 10.6. The molecule has 19 heavy (non-hydrogen) atoms. The molecule has 2 aromatic rings. The Bertz CT molecular complexity index is 563. The van der Waals surface area contributed by atoms with Gasteiger partial charge in [-0.2, -0.15) is 23.5 Å². The third-order valence-electron chi connectivity index (χ3n) is 3.20. The third kappa shape index (κ3) is 3.34. The van der Waals surface area contributed by atoms with Gasteiger partial charge >= 0.3 is 0 Å². The Labute approximate surface area is 121 Å². The lowest BCUT2D eigenvalue weighted by Gasteiger charge is -2.06. The molecule has 0 atom stereocenters. The van der Waals surface area contributed by atoms with E-state index in [4.69, 9.17) is 0 Å². The highest BCUT2D eigenvalue weighted by molar-refractivity contribution is 7.98. The van der Waals surface area contributed by atoms with Crippen LogP contribution >= 0.6 is 23.5 Å². The topological polar surface area (TPSA) is 0 Å². The first kappa shape index (κ1) is 13.1. The van der Waals surface area contributed by atoms with Gasteiger partial charge in [0, 0.05) is 23.0 Å². The summed E-state index contributed by atoms with van der Waals surface area (Å²) in [5, 5.41) is 0. The Morgan fingerprint density at radius 3 is 1.89 bits per heavy atom. The molecule has 0 aliphatic carbocycles. The van der Waals surface area contributed by atoms with Gasteiger partial charge in [0.25, 0.3) is 0 Å². The summed E-state index contributed by atoms with van der Waals surface area (Å²) in [6.45, 7) is 0. The Morgan fingerprint density at radius 1 is 0.684 bits per heavy atom. The molecule has 0 aromatic heterocycles. The van der Waals surface area contributed by atoms with Crippen molar-refractivity contribution in [3.63, 3.8) is 0 Å². The maximum atomic E-state index is 13.7. The standard InChI is InChI=1S/C16H15FS2/c17-16-6-5-14-7-15(16)11-19-9-13-3-1-12(2-4-13)8-18-10-14/h1-7H,8-11H2. The molecule has 0 unspecified atom stereocenters. The summed E-state index contributed by atoms with van der Waals surface area (Å²) < 4.78 is 13.7. The average molecular weight is 290 g/mol. The van der Waals surface area contributed by atoms with Gasteiger partial charge in [0.15, 0.2) is 0 Å². The normalized spacial score (nSPS) is 15.4. The van der Waals surface area contributed by atoms with Crippen LogP contribution in [0.2, 0.25) is 0 Å². The molecule has 0 fully saturated rings. The van der Waals surface area contributed by atoms with E-state index < -0.39 is 0 Å². The zero-order valence-corrected chi connectivity index (χ0v) is 12.2. The van der Waals surface area contributed by atoms with Gasteiger partial charge in [0.05, 0.1) is 0 Å². The minimum atomic E-state index is -0.0779. The van der Waals surface area contributed by atoms with Gasteiger partial charge in [0.2, 0.25) is 0 Å². The second-order valence-corrected chi connectivity index (χ2v) is 6.70. The van der Waals surface area contributed by atoms with Crippen LogP contribution in [-0.4, -0.2) is 0 Å². The van der Waals surface area contributed by atoms with Crippen LogP contribution < -0.4 is 0 Å². The number of halogens is 1.